The van der Waals surface area contributed by atoms with Gasteiger partial charge in [0.15, 0.2) is 6.61 Å². The molecule has 2 heterocycles. The van der Waals surface area contributed by atoms with E-state index < -0.39 is 11.9 Å². The predicted octanol–water partition coefficient (Wildman–Crippen LogP) is 4.92. The molecule has 9 heteroatoms. The number of hydrogen-bond acceptors (Lipinski definition) is 5. The minimum absolute atomic E-state index is 0.180. The molecule has 1 aromatic carbocycles. The molecular weight excluding hydrogens is 462 g/mol. The molecule has 1 aliphatic rings. The summed E-state index contributed by atoms with van der Waals surface area (Å²) in [5.41, 5.74) is 6.42. The molecule has 0 saturated heterocycles. The van der Waals surface area contributed by atoms with E-state index in [1.807, 2.05) is 24.5 Å². The van der Waals surface area contributed by atoms with E-state index in [2.05, 4.69) is 10.5 Å². The second kappa shape index (κ2) is 9.80. The van der Waals surface area contributed by atoms with Gasteiger partial charge in [0, 0.05) is 26.9 Å². The Morgan fingerprint density at radius 2 is 1.97 bits per heavy atom. The Morgan fingerprint density at radius 1 is 1.24 bits per heavy atom. The number of benzene rings is 1. The van der Waals surface area contributed by atoms with Crippen molar-refractivity contribution in [2.24, 2.45) is 5.10 Å². The van der Waals surface area contributed by atoms with E-state index in [9.17, 15) is 14.7 Å². The lowest BCUT2D eigenvalue weighted by atomic mass is 9.95. The Kier molecular flexibility index (Phi) is 6.85. The third-order valence-corrected chi connectivity index (χ3v) is 7.15. The third-order valence-electron chi connectivity index (χ3n) is 5.62. The van der Waals surface area contributed by atoms with Gasteiger partial charge >= 0.3 is 5.97 Å². The monoisotopic (exact) mass is 485 g/mol. The molecule has 33 heavy (non-hydrogen) atoms. The van der Waals surface area contributed by atoms with Crippen molar-refractivity contribution in [1.82, 2.24) is 9.99 Å². The average Bonchev–Trinajstić information content (AvgIpc) is 3.29. The fraction of sp³-hybridized carbons (Fsp3) is 0.292. The summed E-state index contributed by atoms with van der Waals surface area (Å²) >= 11 is 7.39. The largest absolute Gasteiger partial charge is 0.484 e. The fourth-order valence-electron chi connectivity index (χ4n) is 4.05. The fourth-order valence-corrected chi connectivity index (χ4v) is 5.66. The second-order valence-electron chi connectivity index (χ2n) is 7.89. The Hall–Kier alpha value is -3.10. The lowest BCUT2D eigenvalue weighted by Gasteiger charge is -2.11. The number of halogens is 1. The molecule has 0 spiro atoms. The summed E-state index contributed by atoms with van der Waals surface area (Å²) in [5, 5.41) is 15.3. The van der Waals surface area contributed by atoms with Crippen LogP contribution in [0.15, 0.2) is 35.4 Å². The number of hydrazone groups is 1. The summed E-state index contributed by atoms with van der Waals surface area (Å²) in [5.74, 6) is -0.746. The van der Waals surface area contributed by atoms with Crippen LogP contribution >= 0.6 is 22.9 Å². The number of hydrogen-bond donors (Lipinski definition) is 2. The lowest BCUT2D eigenvalue weighted by Crippen LogP contribution is -2.24. The standard InChI is InChI=1S/C24H24ClN3O4S/c1-14-11-16(12-26-27-21(29)13-32-18-9-7-17(25)8-10-18)15(2)28(14)23-22(24(30)31)19-5-3-4-6-20(19)33-23/h7-12H,3-6,13H2,1-2H3,(H,27,29)(H,30,31). The van der Waals surface area contributed by atoms with Gasteiger partial charge in [0.1, 0.15) is 10.8 Å². The van der Waals surface area contributed by atoms with Crippen molar-refractivity contribution in [2.45, 2.75) is 39.5 Å². The van der Waals surface area contributed by atoms with Gasteiger partial charge in [-0.15, -0.1) is 11.3 Å². The van der Waals surface area contributed by atoms with Crippen molar-refractivity contribution in [3.63, 3.8) is 0 Å². The number of ether oxygens (including phenoxy) is 1. The van der Waals surface area contributed by atoms with Crippen LogP contribution in [0.2, 0.25) is 5.02 Å². The Morgan fingerprint density at radius 3 is 2.70 bits per heavy atom. The maximum atomic E-state index is 12.1. The number of aromatic nitrogens is 1. The van der Waals surface area contributed by atoms with Crippen molar-refractivity contribution < 1.29 is 19.4 Å². The summed E-state index contributed by atoms with van der Waals surface area (Å²) in [4.78, 5) is 25.3. The quantitative estimate of drug-likeness (QED) is 0.367. The number of nitrogens with zero attached hydrogens (tertiary/aromatic N) is 2. The summed E-state index contributed by atoms with van der Waals surface area (Å²) in [6.45, 7) is 3.68. The normalized spacial score (nSPS) is 13.2. The highest BCUT2D eigenvalue weighted by Crippen LogP contribution is 2.38. The molecule has 3 aromatic rings. The Bertz CT molecular complexity index is 1230. The van der Waals surface area contributed by atoms with Gasteiger partial charge in [-0.25, -0.2) is 10.2 Å². The molecule has 0 radical (unpaired) electrons. The van der Waals surface area contributed by atoms with Gasteiger partial charge in [-0.1, -0.05) is 11.6 Å². The van der Waals surface area contributed by atoms with Gasteiger partial charge in [0.25, 0.3) is 5.91 Å². The van der Waals surface area contributed by atoms with Crippen molar-refractivity contribution in [3.05, 3.63) is 68.3 Å². The first-order valence-corrected chi connectivity index (χ1v) is 11.8. The molecule has 2 aromatic heterocycles. The molecule has 0 atom stereocenters. The molecular formula is C24H24ClN3O4S. The summed E-state index contributed by atoms with van der Waals surface area (Å²) in [6, 6.07) is 8.66. The van der Waals surface area contributed by atoms with E-state index in [4.69, 9.17) is 16.3 Å². The minimum Gasteiger partial charge on any atom is -0.484 e. The van der Waals surface area contributed by atoms with E-state index in [-0.39, 0.29) is 6.61 Å². The van der Waals surface area contributed by atoms with Crippen LogP contribution in [0.25, 0.3) is 5.00 Å². The second-order valence-corrected chi connectivity index (χ2v) is 9.41. The van der Waals surface area contributed by atoms with Crippen molar-refractivity contribution in [1.29, 1.82) is 0 Å². The van der Waals surface area contributed by atoms with Crippen molar-refractivity contribution >= 4 is 41.0 Å². The van der Waals surface area contributed by atoms with Crippen molar-refractivity contribution in [3.8, 4) is 10.8 Å². The smallest absolute Gasteiger partial charge is 0.339 e. The summed E-state index contributed by atoms with van der Waals surface area (Å²) < 4.78 is 7.37. The minimum atomic E-state index is -0.889. The number of rotatable bonds is 7. The number of aromatic carboxylic acids is 1. The van der Waals surface area contributed by atoms with Crippen LogP contribution in [0.1, 0.15) is 50.6 Å². The van der Waals surface area contributed by atoms with E-state index in [0.717, 1.165) is 53.2 Å². The number of carboxylic acids is 1. The highest BCUT2D eigenvalue weighted by molar-refractivity contribution is 7.15. The van der Waals surface area contributed by atoms with E-state index in [1.54, 1.807) is 41.8 Å². The zero-order chi connectivity index (χ0) is 23.5. The maximum Gasteiger partial charge on any atom is 0.339 e. The number of carbonyl (C=O) groups is 2. The van der Waals surface area contributed by atoms with E-state index >= 15 is 0 Å². The van der Waals surface area contributed by atoms with Gasteiger partial charge in [-0.2, -0.15) is 5.10 Å². The number of aryl methyl sites for hydroxylation is 2. The van der Waals surface area contributed by atoms with Crippen LogP contribution in [-0.2, 0) is 17.6 Å². The predicted molar refractivity (Wildman–Crippen MR) is 129 cm³/mol. The molecule has 1 aliphatic carbocycles. The highest BCUT2D eigenvalue weighted by Gasteiger charge is 2.27. The van der Waals surface area contributed by atoms with Gasteiger partial charge in [0.05, 0.1) is 11.8 Å². The Labute approximate surface area is 200 Å². The van der Waals surface area contributed by atoms with Gasteiger partial charge in [-0.05, 0) is 75.4 Å². The summed E-state index contributed by atoms with van der Waals surface area (Å²) in [6.07, 6.45) is 5.41. The highest BCUT2D eigenvalue weighted by atomic mass is 35.5. The molecule has 2 N–H and O–H groups in total. The number of nitrogens with one attached hydrogen (secondary N) is 1. The first-order chi connectivity index (χ1) is 15.8. The zero-order valence-corrected chi connectivity index (χ0v) is 19.9. The van der Waals surface area contributed by atoms with Crippen LogP contribution in [0.5, 0.6) is 5.75 Å². The third kappa shape index (κ3) is 4.96. The molecule has 0 saturated carbocycles. The molecule has 0 fully saturated rings. The van der Waals surface area contributed by atoms with Crippen LogP contribution in [0.3, 0.4) is 0 Å². The summed E-state index contributed by atoms with van der Waals surface area (Å²) in [7, 11) is 0. The molecule has 4 rings (SSSR count). The van der Waals surface area contributed by atoms with E-state index in [0.29, 0.717) is 16.3 Å². The Balaban J connectivity index is 1.48. The molecule has 172 valence electrons. The number of carbonyl (C=O) groups excluding carboxylic acids is 1. The first-order valence-electron chi connectivity index (χ1n) is 10.6. The lowest BCUT2D eigenvalue weighted by molar-refractivity contribution is -0.123. The van der Waals surface area contributed by atoms with Gasteiger partial charge in [-0.3, -0.25) is 4.79 Å². The van der Waals surface area contributed by atoms with Crippen molar-refractivity contribution in [2.75, 3.05) is 6.61 Å². The number of fused-ring (bicyclic) bond motifs is 1. The SMILES string of the molecule is Cc1cc(C=NNC(=O)COc2ccc(Cl)cc2)c(C)n1-c1sc2c(c1C(=O)O)CCCC2. The van der Waals surface area contributed by atoms with Crippen LogP contribution < -0.4 is 10.2 Å². The average molecular weight is 486 g/mol. The number of carboxylic acid groups (broad SMARTS) is 1. The first kappa shape index (κ1) is 23.1. The number of amides is 1. The maximum absolute atomic E-state index is 12.1. The molecule has 1 amide bonds. The van der Waals surface area contributed by atoms with Crippen LogP contribution in [0.4, 0.5) is 0 Å². The van der Waals surface area contributed by atoms with E-state index in [1.165, 1.54) is 4.88 Å². The molecule has 0 bridgehead atoms. The topological polar surface area (TPSA) is 92.9 Å². The van der Waals surface area contributed by atoms with Crippen LogP contribution in [-0.4, -0.2) is 34.4 Å². The molecule has 0 aliphatic heterocycles. The van der Waals surface area contributed by atoms with Gasteiger partial charge in [0.2, 0.25) is 0 Å². The number of thiophene rings is 1. The molecule has 0 unspecified atom stereocenters. The van der Waals surface area contributed by atoms with Crippen LogP contribution in [0, 0.1) is 13.8 Å². The molecule has 7 nitrogen and oxygen atoms in total. The zero-order valence-electron chi connectivity index (χ0n) is 18.4. The van der Waals surface area contributed by atoms with Gasteiger partial charge < -0.3 is 14.4 Å².